The van der Waals surface area contributed by atoms with Crippen LogP contribution in [0.4, 0.5) is 5.88 Å². The van der Waals surface area contributed by atoms with Crippen molar-refractivity contribution in [2.75, 3.05) is 0 Å². The molecule has 2 N–H and O–H groups in total. The Labute approximate surface area is 128 Å². The predicted molar refractivity (Wildman–Crippen MR) is 83.0 cm³/mol. The fourth-order valence-corrected chi connectivity index (χ4v) is 2.80. The van der Waals surface area contributed by atoms with Crippen LogP contribution in [0.1, 0.15) is 17.4 Å². The van der Waals surface area contributed by atoms with Gasteiger partial charge in [-0.05, 0) is 28.5 Å². The largest absolute Gasteiger partial charge is 0.433 e. The number of furan rings is 1. The Morgan fingerprint density at radius 3 is 2.48 bits per heavy atom. The lowest BCUT2D eigenvalue weighted by molar-refractivity contribution is -0.402. The van der Waals surface area contributed by atoms with Gasteiger partial charge >= 0.3 is 5.88 Å². The maximum absolute atomic E-state index is 10.7. The summed E-state index contributed by atoms with van der Waals surface area (Å²) < 4.78 is 6.18. The first-order chi connectivity index (χ1) is 10.1. The molecule has 2 aromatic carbocycles. The highest BCUT2D eigenvalue weighted by Gasteiger charge is 2.20. The van der Waals surface area contributed by atoms with Crippen molar-refractivity contribution in [3.05, 3.63) is 74.4 Å². The number of rotatable bonds is 3. The van der Waals surface area contributed by atoms with E-state index < -0.39 is 11.0 Å². The molecule has 0 saturated carbocycles. The molecular formula is C15H11BrN2O3. The molecule has 1 heterocycles. The van der Waals surface area contributed by atoms with Crippen LogP contribution in [0.15, 0.2) is 57.4 Å². The van der Waals surface area contributed by atoms with Crippen LogP contribution in [0, 0.1) is 10.1 Å². The molecule has 21 heavy (non-hydrogen) atoms. The summed E-state index contributed by atoms with van der Waals surface area (Å²) in [6, 6.07) is 13.9. The zero-order valence-corrected chi connectivity index (χ0v) is 12.4. The van der Waals surface area contributed by atoms with Crippen LogP contribution < -0.4 is 5.73 Å². The first-order valence-corrected chi connectivity index (χ1v) is 7.04. The molecule has 106 valence electrons. The summed E-state index contributed by atoms with van der Waals surface area (Å²) in [5, 5.41) is 12.7. The van der Waals surface area contributed by atoms with Crippen molar-refractivity contribution in [1.29, 1.82) is 0 Å². The highest BCUT2D eigenvalue weighted by Crippen LogP contribution is 2.33. The van der Waals surface area contributed by atoms with Crippen LogP contribution in [0.2, 0.25) is 0 Å². The van der Waals surface area contributed by atoms with Gasteiger partial charge in [0.1, 0.15) is 10.7 Å². The SMILES string of the molecule is NC(c1ccc([N+](=O)[O-])o1)c1ccc(Br)c2ccccc12. The lowest BCUT2D eigenvalue weighted by atomic mass is 9.98. The van der Waals surface area contributed by atoms with Crippen molar-refractivity contribution in [1.82, 2.24) is 0 Å². The topological polar surface area (TPSA) is 82.3 Å². The molecule has 1 aromatic heterocycles. The Balaban J connectivity index is 2.11. The van der Waals surface area contributed by atoms with E-state index in [-0.39, 0.29) is 5.88 Å². The molecule has 0 spiro atoms. The van der Waals surface area contributed by atoms with E-state index in [1.54, 1.807) is 6.07 Å². The molecule has 1 unspecified atom stereocenters. The van der Waals surface area contributed by atoms with Crippen molar-refractivity contribution < 1.29 is 9.34 Å². The molecule has 1 atom stereocenters. The summed E-state index contributed by atoms with van der Waals surface area (Å²) in [5.74, 6) is 0.0658. The van der Waals surface area contributed by atoms with Crippen molar-refractivity contribution >= 4 is 32.6 Å². The maximum atomic E-state index is 10.7. The number of nitrogens with zero attached hydrogens (tertiary/aromatic N) is 1. The van der Waals surface area contributed by atoms with E-state index in [0.29, 0.717) is 5.76 Å². The number of hydrogen-bond donors (Lipinski definition) is 1. The van der Waals surface area contributed by atoms with Gasteiger partial charge in [0.05, 0.1) is 12.1 Å². The van der Waals surface area contributed by atoms with Crippen LogP contribution in [0.5, 0.6) is 0 Å². The van der Waals surface area contributed by atoms with Gasteiger partial charge in [0.15, 0.2) is 0 Å². The van der Waals surface area contributed by atoms with Gasteiger partial charge in [-0.25, -0.2) is 0 Å². The fraction of sp³-hybridized carbons (Fsp3) is 0.0667. The second kappa shape index (κ2) is 5.31. The average molecular weight is 347 g/mol. The number of halogens is 1. The standard InChI is InChI=1S/C15H11BrN2O3/c16-12-6-5-11(9-3-1-2-4-10(9)12)15(17)13-7-8-14(21-13)18(19)20/h1-8,15H,17H2. The molecule has 3 rings (SSSR count). The van der Waals surface area contributed by atoms with Crippen molar-refractivity contribution in [3.8, 4) is 0 Å². The molecule has 0 saturated heterocycles. The monoisotopic (exact) mass is 346 g/mol. The smallest absolute Gasteiger partial charge is 0.404 e. The number of nitrogens with two attached hydrogens (primary N) is 1. The molecule has 0 fully saturated rings. The highest BCUT2D eigenvalue weighted by molar-refractivity contribution is 9.10. The summed E-state index contributed by atoms with van der Waals surface area (Å²) in [6.45, 7) is 0. The van der Waals surface area contributed by atoms with E-state index in [9.17, 15) is 10.1 Å². The zero-order chi connectivity index (χ0) is 15.0. The van der Waals surface area contributed by atoms with Crippen LogP contribution in [-0.2, 0) is 0 Å². The van der Waals surface area contributed by atoms with Gasteiger partial charge in [-0.1, -0.05) is 46.3 Å². The first kappa shape index (κ1) is 13.8. The highest BCUT2D eigenvalue weighted by atomic mass is 79.9. The van der Waals surface area contributed by atoms with Gasteiger partial charge in [0.25, 0.3) is 0 Å². The normalized spacial score (nSPS) is 12.5. The van der Waals surface area contributed by atoms with Gasteiger partial charge in [0.2, 0.25) is 0 Å². The summed E-state index contributed by atoms with van der Waals surface area (Å²) in [4.78, 5) is 10.1. The first-order valence-electron chi connectivity index (χ1n) is 6.25. The van der Waals surface area contributed by atoms with Gasteiger partial charge in [-0.15, -0.1) is 0 Å². The molecule has 0 bridgehead atoms. The van der Waals surface area contributed by atoms with Crippen LogP contribution in [0.25, 0.3) is 10.8 Å². The lowest BCUT2D eigenvalue weighted by Crippen LogP contribution is -2.11. The zero-order valence-electron chi connectivity index (χ0n) is 10.8. The molecule has 5 nitrogen and oxygen atoms in total. The molecule has 6 heteroatoms. The summed E-state index contributed by atoms with van der Waals surface area (Å²) >= 11 is 3.51. The minimum absolute atomic E-state index is 0.304. The van der Waals surface area contributed by atoms with E-state index in [1.807, 2.05) is 36.4 Å². The summed E-state index contributed by atoms with van der Waals surface area (Å²) in [7, 11) is 0. The van der Waals surface area contributed by atoms with Crippen LogP contribution >= 0.6 is 15.9 Å². The van der Waals surface area contributed by atoms with E-state index in [0.717, 1.165) is 20.8 Å². The summed E-state index contributed by atoms with van der Waals surface area (Å²) in [5.41, 5.74) is 7.07. The van der Waals surface area contributed by atoms with Crippen molar-refractivity contribution in [3.63, 3.8) is 0 Å². The van der Waals surface area contributed by atoms with Crippen LogP contribution in [0.3, 0.4) is 0 Å². The number of fused-ring (bicyclic) bond motifs is 1. The molecule has 0 aliphatic heterocycles. The van der Waals surface area contributed by atoms with E-state index in [4.69, 9.17) is 10.2 Å². The molecule has 0 radical (unpaired) electrons. The van der Waals surface area contributed by atoms with Crippen molar-refractivity contribution in [2.24, 2.45) is 5.73 Å². The Morgan fingerprint density at radius 2 is 1.81 bits per heavy atom. The maximum Gasteiger partial charge on any atom is 0.433 e. The third-order valence-electron chi connectivity index (χ3n) is 3.34. The molecular weight excluding hydrogens is 336 g/mol. The molecule has 3 aromatic rings. The molecule has 0 aliphatic carbocycles. The predicted octanol–water partition coefficient (Wildman–Crippen LogP) is 4.15. The van der Waals surface area contributed by atoms with Gasteiger partial charge in [0, 0.05) is 4.47 Å². The Kier molecular flexibility index (Phi) is 3.48. The Bertz CT molecular complexity index is 829. The van der Waals surface area contributed by atoms with E-state index in [1.165, 1.54) is 6.07 Å². The van der Waals surface area contributed by atoms with Crippen LogP contribution in [-0.4, -0.2) is 4.92 Å². The third-order valence-corrected chi connectivity index (χ3v) is 4.03. The minimum Gasteiger partial charge on any atom is -0.404 e. The van der Waals surface area contributed by atoms with Gasteiger partial charge in [-0.3, -0.25) is 10.1 Å². The van der Waals surface area contributed by atoms with Gasteiger partial charge < -0.3 is 10.2 Å². The third kappa shape index (κ3) is 2.43. The Hall–Kier alpha value is -2.18. The number of nitro groups is 1. The van der Waals surface area contributed by atoms with E-state index >= 15 is 0 Å². The number of hydrogen-bond acceptors (Lipinski definition) is 4. The second-order valence-corrected chi connectivity index (χ2v) is 5.45. The summed E-state index contributed by atoms with van der Waals surface area (Å²) in [6.07, 6.45) is 0. The molecule has 0 aliphatic rings. The van der Waals surface area contributed by atoms with Gasteiger partial charge in [-0.2, -0.15) is 0 Å². The quantitative estimate of drug-likeness (QED) is 0.570. The Morgan fingerprint density at radius 1 is 1.10 bits per heavy atom. The number of benzene rings is 2. The fourth-order valence-electron chi connectivity index (χ4n) is 2.32. The lowest BCUT2D eigenvalue weighted by Gasteiger charge is -2.13. The average Bonchev–Trinajstić information content (AvgIpc) is 2.97. The van der Waals surface area contributed by atoms with Crippen molar-refractivity contribution in [2.45, 2.75) is 6.04 Å². The second-order valence-electron chi connectivity index (χ2n) is 4.59. The minimum atomic E-state index is -0.574. The molecule has 0 amide bonds. The van der Waals surface area contributed by atoms with E-state index in [2.05, 4.69) is 15.9 Å².